The highest BCUT2D eigenvalue weighted by molar-refractivity contribution is 7.99. The van der Waals surface area contributed by atoms with Crippen molar-refractivity contribution >= 4 is 46.5 Å². The average molecular weight is 491 g/mol. The number of hydrogen-bond acceptors (Lipinski definition) is 4. The molecule has 4 rings (SSSR count). The van der Waals surface area contributed by atoms with Crippen LogP contribution in [-0.2, 0) is 16.8 Å². The predicted octanol–water partition coefficient (Wildman–Crippen LogP) is 6.28. The highest BCUT2D eigenvalue weighted by Gasteiger charge is 2.14. The molecule has 1 N–H and O–H groups in total. The third kappa shape index (κ3) is 6.07. The molecule has 0 aliphatic carbocycles. The number of benzene rings is 3. The number of thioether (sulfide) groups is 1. The minimum absolute atomic E-state index is 0.102. The van der Waals surface area contributed by atoms with Crippen molar-refractivity contribution in [3.8, 4) is 0 Å². The SMILES string of the molecule is CC(C)(C)c1ccc(/C=N\NC(=O)CSc2nc3ccccc3n2Cc2ccc(Cl)cc2)cc1. The fourth-order valence-electron chi connectivity index (χ4n) is 3.50. The summed E-state index contributed by atoms with van der Waals surface area (Å²) in [6.45, 7) is 7.18. The number of imidazole rings is 1. The Labute approximate surface area is 209 Å². The van der Waals surface area contributed by atoms with Crippen LogP contribution < -0.4 is 5.43 Å². The van der Waals surface area contributed by atoms with Gasteiger partial charge in [-0.05, 0) is 46.4 Å². The average Bonchev–Trinajstić information content (AvgIpc) is 3.16. The molecule has 0 radical (unpaired) electrons. The zero-order chi connectivity index (χ0) is 24.1. The summed E-state index contributed by atoms with van der Waals surface area (Å²) >= 11 is 7.42. The van der Waals surface area contributed by atoms with E-state index in [0.29, 0.717) is 11.6 Å². The molecule has 0 saturated heterocycles. The highest BCUT2D eigenvalue weighted by Crippen LogP contribution is 2.26. The van der Waals surface area contributed by atoms with E-state index in [1.807, 2.05) is 60.7 Å². The summed E-state index contributed by atoms with van der Waals surface area (Å²) in [6, 6.07) is 23.9. The van der Waals surface area contributed by atoms with Crippen LogP contribution in [0, 0.1) is 0 Å². The van der Waals surface area contributed by atoms with Crippen LogP contribution in [-0.4, -0.2) is 27.4 Å². The number of hydrazone groups is 1. The third-order valence-corrected chi connectivity index (χ3v) is 6.61. The van der Waals surface area contributed by atoms with Crippen molar-refractivity contribution in [1.29, 1.82) is 0 Å². The zero-order valence-corrected chi connectivity index (χ0v) is 21.0. The number of para-hydroxylation sites is 2. The lowest BCUT2D eigenvalue weighted by molar-refractivity contribution is -0.118. The molecule has 0 saturated carbocycles. The number of nitrogens with zero attached hydrogens (tertiary/aromatic N) is 3. The van der Waals surface area contributed by atoms with E-state index in [2.05, 4.69) is 48.0 Å². The van der Waals surface area contributed by atoms with Gasteiger partial charge >= 0.3 is 0 Å². The molecule has 4 aromatic rings. The molecule has 0 aliphatic rings. The molecule has 0 spiro atoms. The van der Waals surface area contributed by atoms with Gasteiger partial charge in [0.15, 0.2) is 5.16 Å². The van der Waals surface area contributed by atoms with E-state index in [4.69, 9.17) is 16.6 Å². The standard InChI is InChI=1S/C27H27ClN4OS/c1-27(2,3)21-12-8-19(9-13-21)16-29-31-25(33)18-34-26-30-23-6-4-5-7-24(23)32(26)17-20-10-14-22(28)15-11-20/h4-16H,17-18H2,1-3H3,(H,31,33)/b29-16-. The quantitative estimate of drug-likeness (QED) is 0.188. The lowest BCUT2D eigenvalue weighted by atomic mass is 9.87. The summed E-state index contributed by atoms with van der Waals surface area (Å²) < 4.78 is 2.12. The molecule has 1 heterocycles. The van der Waals surface area contributed by atoms with Crippen LogP contribution in [0.2, 0.25) is 5.02 Å². The van der Waals surface area contributed by atoms with Crippen LogP contribution >= 0.6 is 23.4 Å². The van der Waals surface area contributed by atoms with Gasteiger partial charge in [0.1, 0.15) is 0 Å². The van der Waals surface area contributed by atoms with Gasteiger partial charge in [-0.3, -0.25) is 4.79 Å². The Morgan fingerprint density at radius 2 is 1.76 bits per heavy atom. The molecule has 7 heteroatoms. The maximum Gasteiger partial charge on any atom is 0.250 e. The van der Waals surface area contributed by atoms with Crippen LogP contribution in [0.3, 0.4) is 0 Å². The van der Waals surface area contributed by atoms with Crippen molar-refractivity contribution in [2.45, 2.75) is 37.9 Å². The Morgan fingerprint density at radius 1 is 1.06 bits per heavy atom. The number of fused-ring (bicyclic) bond motifs is 1. The van der Waals surface area contributed by atoms with Crippen molar-refractivity contribution in [2.75, 3.05) is 5.75 Å². The largest absolute Gasteiger partial charge is 0.314 e. The first kappa shape index (κ1) is 24.0. The number of hydrogen-bond donors (Lipinski definition) is 1. The van der Waals surface area contributed by atoms with E-state index >= 15 is 0 Å². The van der Waals surface area contributed by atoms with Crippen molar-refractivity contribution in [1.82, 2.24) is 15.0 Å². The Bertz CT molecular complexity index is 1310. The van der Waals surface area contributed by atoms with E-state index in [-0.39, 0.29) is 17.1 Å². The third-order valence-electron chi connectivity index (χ3n) is 5.39. The molecule has 0 aliphatic heterocycles. The second-order valence-electron chi connectivity index (χ2n) is 9.05. The summed E-state index contributed by atoms with van der Waals surface area (Å²) in [7, 11) is 0. The van der Waals surface area contributed by atoms with E-state index in [1.54, 1.807) is 6.21 Å². The second kappa shape index (κ2) is 10.5. The molecule has 0 fully saturated rings. The monoisotopic (exact) mass is 490 g/mol. The Morgan fingerprint density at radius 3 is 2.47 bits per heavy atom. The molecule has 3 aromatic carbocycles. The Balaban J connectivity index is 1.40. The van der Waals surface area contributed by atoms with Crippen LogP contribution in [0.15, 0.2) is 83.1 Å². The molecular formula is C27H27ClN4OS. The molecule has 1 amide bonds. The maximum atomic E-state index is 12.4. The molecule has 34 heavy (non-hydrogen) atoms. The van der Waals surface area contributed by atoms with E-state index in [1.165, 1.54) is 17.3 Å². The van der Waals surface area contributed by atoms with E-state index < -0.39 is 0 Å². The fraction of sp³-hybridized carbons (Fsp3) is 0.222. The van der Waals surface area contributed by atoms with Gasteiger partial charge in [0.2, 0.25) is 0 Å². The van der Waals surface area contributed by atoms with Gasteiger partial charge in [-0.1, -0.05) is 92.7 Å². The van der Waals surface area contributed by atoms with Gasteiger partial charge in [0.25, 0.3) is 5.91 Å². The van der Waals surface area contributed by atoms with Crippen molar-refractivity contribution in [3.05, 3.63) is 94.5 Å². The van der Waals surface area contributed by atoms with Gasteiger partial charge in [-0.25, -0.2) is 10.4 Å². The molecule has 0 atom stereocenters. The van der Waals surface area contributed by atoms with E-state index in [0.717, 1.165) is 27.3 Å². The fourth-order valence-corrected chi connectivity index (χ4v) is 4.43. The summed E-state index contributed by atoms with van der Waals surface area (Å²) in [5, 5.41) is 5.60. The minimum Gasteiger partial charge on any atom is -0.314 e. The van der Waals surface area contributed by atoms with Crippen LogP contribution in [0.25, 0.3) is 11.0 Å². The van der Waals surface area contributed by atoms with E-state index in [9.17, 15) is 4.79 Å². The normalized spacial score (nSPS) is 11.9. The summed E-state index contributed by atoms with van der Waals surface area (Å²) in [6.07, 6.45) is 1.66. The van der Waals surface area contributed by atoms with Crippen molar-refractivity contribution < 1.29 is 4.79 Å². The first-order valence-corrected chi connectivity index (χ1v) is 12.4. The summed E-state index contributed by atoms with van der Waals surface area (Å²) in [5.74, 6) is 0.0298. The van der Waals surface area contributed by atoms with Gasteiger partial charge in [-0.2, -0.15) is 5.10 Å². The lowest BCUT2D eigenvalue weighted by Gasteiger charge is -2.18. The smallest absolute Gasteiger partial charge is 0.250 e. The molecule has 1 aromatic heterocycles. The molecule has 0 bridgehead atoms. The number of rotatable bonds is 7. The number of aromatic nitrogens is 2. The zero-order valence-electron chi connectivity index (χ0n) is 19.5. The Hall–Kier alpha value is -3.09. The van der Waals surface area contributed by atoms with Crippen molar-refractivity contribution in [2.24, 2.45) is 5.10 Å². The van der Waals surface area contributed by atoms with Gasteiger partial charge in [0, 0.05) is 5.02 Å². The Kier molecular flexibility index (Phi) is 7.39. The number of halogens is 1. The first-order valence-electron chi connectivity index (χ1n) is 11.0. The van der Waals surface area contributed by atoms with Gasteiger partial charge < -0.3 is 4.57 Å². The summed E-state index contributed by atoms with van der Waals surface area (Å²) in [4.78, 5) is 17.2. The number of nitrogens with one attached hydrogen (secondary N) is 1. The number of carbonyl (C=O) groups excluding carboxylic acids is 1. The van der Waals surface area contributed by atoms with Crippen LogP contribution in [0.5, 0.6) is 0 Å². The lowest BCUT2D eigenvalue weighted by Crippen LogP contribution is -2.20. The topological polar surface area (TPSA) is 59.3 Å². The number of amides is 1. The van der Waals surface area contributed by atoms with Crippen molar-refractivity contribution in [3.63, 3.8) is 0 Å². The molecule has 5 nitrogen and oxygen atoms in total. The first-order chi connectivity index (χ1) is 16.3. The second-order valence-corrected chi connectivity index (χ2v) is 10.4. The van der Waals surface area contributed by atoms with Crippen LogP contribution in [0.4, 0.5) is 0 Å². The van der Waals surface area contributed by atoms with Crippen LogP contribution in [0.1, 0.15) is 37.5 Å². The molecule has 174 valence electrons. The summed E-state index contributed by atoms with van der Waals surface area (Å²) in [5.41, 5.74) is 7.94. The van der Waals surface area contributed by atoms with Gasteiger partial charge in [0.05, 0.1) is 29.5 Å². The van der Waals surface area contributed by atoms with Gasteiger partial charge in [-0.15, -0.1) is 0 Å². The predicted molar refractivity (Wildman–Crippen MR) is 142 cm³/mol. The highest BCUT2D eigenvalue weighted by atomic mass is 35.5. The maximum absolute atomic E-state index is 12.4. The molecule has 0 unspecified atom stereocenters. The number of carbonyl (C=O) groups is 1. The molecular weight excluding hydrogens is 464 g/mol. The minimum atomic E-state index is -0.183.